The summed E-state index contributed by atoms with van der Waals surface area (Å²) in [5, 5.41) is 12.5. The lowest BCUT2D eigenvalue weighted by Crippen LogP contribution is -2.43. The SMILES string of the molecule is C[C@]1(c2cccc3ccccc23)NC(=O)N(CC(=O)N2N=C(c3ccco3)C[C@@H]2c2cccs2)C1=O. The number of nitrogens with zero attached hydrogens (tertiary/aromatic N) is 3. The second kappa shape index (κ2) is 8.46. The van der Waals surface area contributed by atoms with Gasteiger partial charge in [-0.25, -0.2) is 9.80 Å². The van der Waals surface area contributed by atoms with E-state index < -0.39 is 29.9 Å². The number of urea groups is 1. The van der Waals surface area contributed by atoms with E-state index >= 15 is 0 Å². The molecule has 0 aliphatic carbocycles. The molecule has 180 valence electrons. The molecule has 1 N–H and O–H groups in total. The maximum atomic E-state index is 13.6. The van der Waals surface area contributed by atoms with Gasteiger partial charge in [0.2, 0.25) is 0 Å². The molecule has 2 aliphatic rings. The number of amides is 4. The largest absolute Gasteiger partial charge is 0.463 e. The van der Waals surface area contributed by atoms with E-state index in [0.29, 0.717) is 23.5 Å². The third-order valence-electron chi connectivity index (χ3n) is 6.74. The summed E-state index contributed by atoms with van der Waals surface area (Å²) in [7, 11) is 0. The minimum atomic E-state index is -1.29. The Morgan fingerprint density at radius 2 is 1.94 bits per heavy atom. The highest BCUT2D eigenvalue weighted by molar-refractivity contribution is 7.10. The second-order valence-electron chi connectivity index (χ2n) is 8.97. The molecular weight excluding hydrogens is 476 g/mol. The molecule has 1 fully saturated rings. The standard InChI is InChI=1S/C27H22N4O4S/c1-27(19-10-4-8-17-7-2-3-9-18(17)19)25(33)30(26(34)28-27)16-24(32)31-21(23-12-6-14-36-23)15-20(29-31)22-11-5-13-35-22/h2-14,21H,15-16H2,1H3,(H,28,34)/t21-,27-/m1/s1. The number of hydrogen-bond donors (Lipinski definition) is 1. The minimum absolute atomic E-state index is 0.331. The van der Waals surface area contributed by atoms with Crippen molar-refractivity contribution in [2.45, 2.75) is 24.9 Å². The maximum absolute atomic E-state index is 13.6. The first-order valence-corrected chi connectivity index (χ1v) is 12.4. The molecule has 4 heterocycles. The molecule has 0 spiro atoms. The zero-order valence-electron chi connectivity index (χ0n) is 19.4. The molecule has 36 heavy (non-hydrogen) atoms. The summed E-state index contributed by atoms with van der Waals surface area (Å²) in [6, 6.07) is 19.8. The van der Waals surface area contributed by atoms with E-state index in [2.05, 4.69) is 10.4 Å². The lowest BCUT2D eigenvalue weighted by molar-refractivity contribution is -0.139. The van der Waals surface area contributed by atoms with E-state index in [1.165, 1.54) is 16.3 Å². The normalized spacial score (nSPS) is 21.8. The summed E-state index contributed by atoms with van der Waals surface area (Å²) >= 11 is 1.52. The van der Waals surface area contributed by atoms with Crippen molar-refractivity contribution in [3.8, 4) is 0 Å². The van der Waals surface area contributed by atoms with Gasteiger partial charge in [0.15, 0.2) is 0 Å². The first-order valence-electron chi connectivity index (χ1n) is 11.5. The Morgan fingerprint density at radius 1 is 1.11 bits per heavy atom. The smallest absolute Gasteiger partial charge is 0.325 e. The second-order valence-corrected chi connectivity index (χ2v) is 9.95. The van der Waals surface area contributed by atoms with Gasteiger partial charge in [0.1, 0.15) is 23.6 Å². The van der Waals surface area contributed by atoms with Crippen molar-refractivity contribution in [1.29, 1.82) is 0 Å². The molecule has 0 unspecified atom stereocenters. The molecule has 2 aromatic heterocycles. The number of furan rings is 1. The molecule has 9 heteroatoms. The fraction of sp³-hybridized carbons (Fsp3) is 0.185. The Labute approximate surface area is 210 Å². The van der Waals surface area contributed by atoms with Gasteiger partial charge in [-0.2, -0.15) is 5.10 Å². The summed E-state index contributed by atoms with van der Waals surface area (Å²) in [5.41, 5.74) is 0.0353. The third kappa shape index (κ3) is 3.51. The number of benzene rings is 2. The van der Waals surface area contributed by atoms with Crippen LogP contribution in [0.5, 0.6) is 0 Å². The number of imide groups is 1. The van der Waals surface area contributed by atoms with Gasteiger partial charge < -0.3 is 9.73 Å². The first kappa shape index (κ1) is 22.2. The molecule has 1 saturated heterocycles. The van der Waals surface area contributed by atoms with E-state index in [1.54, 1.807) is 25.3 Å². The van der Waals surface area contributed by atoms with Crippen LogP contribution in [0.15, 0.2) is 87.9 Å². The average Bonchev–Trinajstić information content (AvgIpc) is 3.69. The quantitative estimate of drug-likeness (QED) is 0.406. The number of carbonyl (C=O) groups excluding carboxylic acids is 3. The number of nitrogens with one attached hydrogen (secondary N) is 1. The van der Waals surface area contributed by atoms with Gasteiger partial charge in [0.05, 0.1) is 12.3 Å². The van der Waals surface area contributed by atoms with Crippen LogP contribution in [0.2, 0.25) is 0 Å². The summed E-state index contributed by atoms with van der Waals surface area (Å²) in [5.74, 6) is -0.328. The zero-order chi connectivity index (χ0) is 24.9. The summed E-state index contributed by atoms with van der Waals surface area (Å²) < 4.78 is 5.50. The van der Waals surface area contributed by atoms with Crippen molar-refractivity contribution in [3.63, 3.8) is 0 Å². The van der Waals surface area contributed by atoms with Gasteiger partial charge in [-0.1, -0.05) is 48.5 Å². The highest BCUT2D eigenvalue weighted by atomic mass is 32.1. The number of hydrogen-bond acceptors (Lipinski definition) is 6. The van der Waals surface area contributed by atoms with Crippen LogP contribution in [-0.4, -0.2) is 40.0 Å². The number of thiophene rings is 1. The Balaban J connectivity index is 1.30. The molecule has 6 rings (SSSR count). The monoisotopic (exact) mass is 498 g/mol. The van der Waals surface area contributed by atoms with Crippen LogP contribution >= 0.6 is 11.3 Å². The van der Waals surface area contributed by atoms with E-state index in [-0.39, 0.29) is 6.04 Å². The average molecular weight is 499 g/mol. The van der Waals surface area contributed by atoms with Crippen LogP contribution in [0.1, 0.15) is 35.6 Å². The van der Waals surface area contributed by atoms with Crippen molar-refractivity contribution in [3.05, 3.63) is 94.6 Å². The molecule has 0 bridgehead atoms. The lowest BCUT2D eigenvalue weighted by atomic mass is 9.88. The van der Waals surface area contributed by atoms with Crippen LogP contribution in [0, 0.1) is 0 Å². The Bertz CT molecular complexity index is 1510. The molecule has 0 radical (unpaired) electrons. The Morgan fingerprint density at radius 3 is 2.72 bits per heavy atom. The van der Waals surface area contributed by atoms with Crippen LogP contribution in [0.4, 0.5) is 4.79 Å². The number of carbonyl (C=O) groups is 3. The topological polar surface area (TPSA) is 95.2 Å². The van der Waals surface area contributed by atoms with Crippen LogP contribution in [0.25, 0.3) is 10.8 Å². The van der Waals surface area contributed by atoms with Gasteiger partial charge in [-0.3, -0.25) is 14.5 Å². The molecule has 8 nitrogen and oxygen atoms in total. The highest BCUT2D eigenvalue weighted by Crippen LogP contribution is 2.37. The summed E-state index contributed by atoms with van der Waals surface area (Å²) in [4.78, 5) is 42.1. The van der Waals surface area contributed by atoms with E-state index in [9.17, 15) is 14.4 Å². The fourth-order valence-corrected chi connectivity index (χ4v) is 5.74. The lowest BCUT2D eigenvalue weighted by Gasteiger charge is -2.25. The summed E-state index contributed by atoms with van der Waals surface area (Å²) in [6.07, 6.45) is 2.04. The molecule has 0 saturated carbocycles. The van der Waals surface area contributed by atoms with Gasteiger partial charge in [0.25, 0.3) is 11.8 Å². The number of hydrazone groups is 1. The van der Waals surface area contributed by atoms with Crippen LogP contribution < -0.4 is 5.32 Å². The third-order valence-corrected chi connectivity index (χ3v) is 7.71. The van der Waals surface area contributed by atoms with Gasteiger partial charge in [-0.15, -0.1) is 11.3 Å². The van der Waals surface area contributed by atoms with Crippen LogP contribution in [-0.2, 0) is 15.1 Å². The minimum Gasteiger partial charge on any atom is -0.463 e. The predicted octanol–water partition coefficient (Wildman–Crippen LogP) is 4.64. The van der Waals surface area contributed by atoms with Gasteiger partial charge in [-0.05, 0) is 46.8 Å². The molecule has 2 aromatic carbocycles. The van der Waals surface area contributed by atoms with Gasteiger partial charge in [0, 0.05) is 11.3 Å². The Kier molecular flexibility index (Phi) is 5.22. The van der Waals surface area contributed by atoms with Crippen molar-refractivity contribution >= 4 is 45.7 Å². The number of rotatable bonds is 5. The first-order chi connectivity index (χ1) is 17.5. The maximum Gasteiger partial charge on any atom is 0.325 e. The zero-order valence-corrected chi connectivity index (χ0v) is 20.2. The van der Waals surface area contributed by atoms with E-state index in [4.69, 9.17) is 4.42 Å². The van der Waals surface area contributed by atoms with Crippen molar-refractivity contribution in [1.82, 2.24) is 15.2 Å². The van der Waals surface area contributed by atoms with Crippen molar-refractivity contribution in [2.24, 2.45) is 5.10 Å². The molecular formula is C27H22N4O4S. The molecule has 2 atom stereocenters. The van der Waals surface area contributed by atoms with Gasteiger partial charge >= 0.3 is 6.03 Å². The number of fused-ring (bicyclic) bond motifs is 1. The molecule has 4 amide bonds. The van der Waals surface area contributed by atoms with Crippen molar-refractivity contribution < 1.29 is 18.8 Å². The Hall–Kier alpha value is -4.24. The van der Waals surface area contributed by atoms with E-state index in [1.807, 2.05) is 60.0 Å². The fourth-order valence-electron chi connectivity index (χ4n) is 4.93. The predicted molar refractivity (Wildman–Crippen MR) is 135 cm³/mol. The molecule has 4 aromatic rings. The highest BCUT2D eigenvalue weighted by Gasteiger charge is 2.51. The van der Waals surface area contributed by atoms with Crippen LogP contribution in [0.3, 0.4) is 0 Å². The summed E-state index contributed by atoms with van der Waals surface area (Å²) in [6.45, 7) is 1.26. The van der Waals surface area contributed by atoms with Crippen molar-refractivity contribution in [2.75, 3.05) is 6.54 Å². The van der Waals surface area contributed by atoms with E-state index in [0.717, 1.165) is 20.5 Å². The molecule has 2 aliphatic heterocycles.